The molecule has 1 unspecified atom stereocenters. The van der Waals surface area contributed by atoms with Gasteiger partial charge in [0.15, 0.2) is 0 Å². The molecular weight excluding hydrogens is 140 g/mol. The predicted octanol–water partition coefficient (Wildman–Crippen LogP) is 0.292. The minimum atomic E-state index is -0.00669. The first kappa shape index (κ1) is 10.6. The summed E-state index contributed by atoms with van der Waals surface area (Å²) in [6.45, 7) is 5.10. The van der Waals surface area contributed by atoms with Crippen molar-refractivity contribution in [2.45, 2.75) is 32.7 Å². The van der Waals surface area contributed by atoms with Gasteiger partial charge < -0.3 is 11.1 Å². The number of unbranched alkanes of at least 4 members (excludes halogenated alkanes) is 1. The molecule has 0 amide bonds. The number of rotatable bonds is 6. The maximum absolute atomic E-state index is 10.7. The molecular formula is C8H18N2O. The summed E-state index contributed by atoms with van der Waals surface area (Å²) in [6.07, 6.45) is 2.08. The number of nitrogens with two attached hydrogens (primary N) is 1. The van der Waals surface area contributed by atoms with Crippen molar-refractivity contribution in [1.29, 1.82) is 0 Å². The normalized spacial score (nSPS) is 13.0. The molecule has 0 aromatic heterocycles. The van der Waals surface area contributed by atoms with Crippen LogP contribution in [0.2, 0.25) is 0 Å². The molecule has 0 aliphatic carbocycles. The summed E-state index contributed by atoms with van der Waals surface area (Å²) in [5, 5.41) is 3.11. The van der Waals surface area contributed by atoms with Gasteiger partial charge in [-0.2, -0.15) is 0 Å². The summed E-state index contributed by atoms with van der Waals surface area (Å²) >= 11 is 0. The average Bonchev–Trinajstić information content (AvgIpc) is 1.97. The molecule has 0 aliphatic heterocycles. The van der Waals surface area contributed by atoms with E-state index in [0.29, 0.717) is 0 Å². The maximum Gasteiger partial charge on any atom is 0.146 e. The topological polar surface area (TPSA) is 55.1 Å². The molecule has 66 valence electrons. The SMILES string of the molecule is CC(=O)C(C)NCCCCN. The van der Waals surface area contributed by atoms with Gasteiger partial charge in [-0.1, -0.05) is 0 Å². The van der Waals surface area contributed by atoms with Crippen LogP contribution in [0.15, 0.2) is 0 Å². The van der Waals surface area contributed by atoms with E-state index in [1.807, 2.05) is 6.92 Å². The molecule has 11 heavy (non-hydrogen) atoms. The Morgan fingerprint density at radius 2 is 2.18 bits per heavy atom. The molecule has 0 aromatic carbocycles. The Kier molecular flexibility index (Phi) is 6.07. The second-order valence-corrected chi connectivity index (χ2v) is 2.78. The number of carbonyl (C=O) groups is 1. The molecule has 0 saturated carbocycles. The third-order valence-electron chi connectivity index (χ3n) is 1.69. The first-order valence-electron chi connectivity index (χ1n) is 4.12. The molecule has 0 spiro atoms. The predicted molar refractivity (Wildman–Crippen MR) is 46.4 cm³/mol. The quantitative estimate of drug-likeness (QED) is 0.546. The summed E-state index contributed by atoms with van der Waals surface area (Å²) < 4.78 is 0. The van der Waals surface area contributed by atoms with E-state index >= 15 is 0 Å². The van der Waals surface area contributed by atoms with E-state index in [0.717, 1.165) is 25.9 Å². The van der Waals surface area contributed by atoms with Crippen molar-refractivity contribution in [3.63, 3.8) is 0 Å². The second kappa shape index (κ2) is 6.31. The summed E-state index contributed by atoms with van der Waals surface area (Å²) in [5.74, 6) is 0.192. The monoisotopic (exact) mass is 158 g/mol. The lowest BCUT2D eigenvalue weighted by Gasteiger charge is -2.08. The van der Waals surface area contributed by atoms with Crippen molar-refractivity contribution in [3.05, 3.63) is 0 Å². The standard InChI is InChI=1S/C8H18N2O/c1-7(8(2)11)10-6-4-3-5-9/h7,10H,3-6,9H2,1-2H3. The van der Waals surface area contributed by atoms with E-state index < -0.39 is 0 Å². The summed E-state index contributed by atoms with van der Waals surface area (Å²) in [4.78, 5) is 10.7. The van der Waals surface area contributed by atoms with Crippen LogP contribution in [-0.2, 0) is 4.79 Å². The van der Waals surface area contributed by atoms with Crippen molar-refractivity contribution in [3.8, 4) is 0 Å². The maximum atomic E-state index is 10.7. The molecule has 3 nitrogen and oxygen atoms in total. The highest BCUT2D eigenvalue weighted by molar-refractivity contribution is 5.80. The zero-order chi connectivity index (χ0) is 8.69. The third-order valence-corrected chi connectivity index (χ3v) is 1.69. The van der Waals surface area contributed by atoms with Crippen LogP contribution in [0.4, 0.5) is 0 Å². The van der Waals surface area contributed by atoms with Gasteiger partial charge in [0.05, 0.1) is 6.04 Å². The Morgan fingerprint density at radius 3 is 2.64 bits per heavy atom. The van der Waals surface area contributed by atoms with Crippen LogP contribution in [0, 0.1) is 0 Å². The summed E-state index contributed by atoms with van der Waals surface area (Å²) in [5.41, 5.74) is 5.31. The van der Waals surface area contributed by atoms with Crippen molar-refractivity contribution in [2.75, 3.05) is 13.1 Å². The number of Topliss-reactive ketones (excluding diaryl/α,β-unsaturated/α-hetero) is 1. The molecule has 0 aliphatic rings. The Balaban J connectivity index is 3.17. The molecule has 1 atom stereocenters. The van der Waals surface area contributed by atoms with Gasteiger partial charge in [-0.05, 0) is 39.8 Å². The van der Waals surface area contributed by atoms with Gasteiger partial charge in [-0.3, -0.25) is 4.79 Å². The molecule has 0 saturated heterocycles. The van der Waals surface area contributed by atoms with Gasteiger partial charge >= 0.3 is 0 Å². The van der Waals surface area contributed by atoms with Crippen LogP contribution in [0.5, 0.6) is 0 Å². The van der Waals surface area contributed by atoms with Crippen molar-refractivity contribution < 1.29 is 4.79 Å². The number of hydrogen-bond donors (Lipinski definition) is 2. The van der Waals surface area contributed by atoms with E-state index in [-0.39, 0.29) is 11.8 Å². The van der Waals surface area contributed by atoms with E-state index in [1.54, 1.807) is 6.92 Å². The van der Waals surface area contributed by atoms with Crippen molar-refractivity contribution in [1.82, 2.24) is 5.32 Å². The minimum absolute atomic E-state index is 0.00669. The van der Waals surface area contributed by atoms with E-state index in [4.69, 9.17) is 5.73 Å². The fourth-order valence-electron chi connectivity index (χ4n) is 0.732. The Bertz CT molecular complexity index is 115. The van der Waals surface area contributed by atoms with Gasteiger partial charge in [-0.25, -0.2) is 0 Å². The average molecular weight is 158 g/mol. The van der Waals surface area contributed by atoms with Gasteiger partial charge in [0.2, 0.25) is 0 Å². The lowest BCUT2D eigenvalue weighted by Crippen LogP contribution is -2.33. The van der Waals surface area contributed by atoms with E-state index in [2.05, 4.69) is 5.32 Å². The lowest BCUT2D eigenvalue weighted by molar-refractivity contribution is -0.118. The molecule has 3 N–H and O–H groups in total. The highest BCUT2D eigenvalue weighted by Crippen LogP contribution is 1.86. The van der Waals surface area contributed by atoms with Gasteiger partial charge in [0.25, 0.3) is 0 Å². The molecule has 0 rings (SSSR count). The molecule has 0 aromatic rings. The fourth-order valence-corrected chi connectivity index (χ4v) is 0.732. The Morgan fingerprint density at radius 1 is 1.55 bits per heavy atom. The minimum Gasteiger partial charge on any atom is -0.330 e. The Hall–Kier alpha value is -0.410. The van der Waals surface area contributed by atoms with Crippen LogP contribution in [0.1, 0.15) is 26.7 Å². The van der Waals surface area contributed by atoms with Gasteiger partial charge in [0.1, 0.15) is 5.78 Å². The van der Waals surface area contributed by atoms with E-state index in [1.165, 1.54) is 0 Å². The summed E-state index contributed by atoms with van der Waals surface area (Å²) in [7, 11) is 0. The van der Waals surface area contributed by atoms with Crippen molar-refractivity contribution >= 4 is 5.78 Å². The molecule has 0 heterocycles. The largest absolute Gasteiger partial charge is 0.330 e. The molecule has 0 bridgehead atoms. The van der Waals surface area contributed by atoms with Crippen LogP contribution < -0.4 is 11.1 Å². The van der Waals surface area contributed by atoms with Crippen LogP contribution >= 0.6 is 0 Å². The van der Waals surface area contributed by atoms with Crippen LogP contribution in [-0.4, -0.2) is 24.9 Å². The van der Waals surface area contributed by atoms with Crippen LogP contribution in [0.3, 0.4) is 0 Å². The van der Waals surface area contributed by atoms with E-state index in [9.17, 15) is 4.79 Å². The lowest BCUT2D eigenvalue weighted by atomic mass is 10.2. The Labute approximate surface area is 68.3 Å². The summed E-state index contributed by atoms with van der Waals surface area (Å²) in [6, 6.07) is -0.00669. The highest BCUT2D eigenvalue weighted by atomic mass is 16.1. The zero-order valence-electron chi connectivity index (χ0n) is 7.39. The second-order valence-electron chi connectivity index (χ2n) is 2.78. The van der Waals surface area contributed by atoms with Crippen LogP contribution in [0.25, 0.3) is 0 Å². The first-order chi connectivity index (χ1) is 5.18. The number of hydrogen-bond acceptors (Lipinski definition) is 3. The number of ketones is 1. The molecule has 3 heteroatoms. The van der Waals surface area contributed by atoms with Gasteiger partial charge in [-0.15, -0.1) is 0 Å². The number of carbonyl (C=O) groups excluding carboxylic acids is 1. The smallest absolute Gasteiger partial charge is 0.146 e. The number of nitrogens with one attached hydrogen (secondary N) is 1. The molecule has 0 radical (unpaired) electrons. The van der Waals surface area contributed by atoms with Gasteiger partial charge in [0, 0.05) is 0 Å². The highest BCUT2D eigenvalue weighted by Gasteiger charge is 2.03. The zero-order valence-corrected chi connectivity index (χ0v) is 7.39. The fraction of sp³-hybridized carbons (Fsp3) is 0.875. The molecule has 0 fully saturated rings. The first-order valence-corrected chi connectivity index (χ1v) is 4.12. The van der Waals surface area contributed by atoms with Crippen molar-refractivity contribution in [2.24, 2.45) is 5.73 Å². The third kappa shape index (κ3) is 6.01.